The van der Waals surface area contributed by atoms with Crippen LogP contribution >= 0.6 is 45.2 Å². The SMILES string of the molecule is COC(=O)COc1c(I)cc(/C=C(\C#N)C(=O)Nc2ccc(C)c(C)c2)cc1I. The van der Waals surface area contributed by atoms with Crippen LogP contribution in [0.3, 0.4) is 0 Å². The first-order valence-electron chi connectivity index (χ1n) is 8.44. The molecule has 0 spiro atoms. The Kier molecular flexibility index (Phi) is 8.45. The highest BCUT2D eigenvalue weighted by atomic mass is 127. The normalized spacial score (nSPS) is 10.8. The lowest BCUT2D eigenvalue weighted by Crippen LogP contribution is -2.14. The van der Waals surface area contributed by atoms with E-state index in [1.807, 2.05) is 32.0 Å². The molecule has 150 valence electrons. The van der Waals surface area contributed by atoms with Gasteiger partial charge in [0.1, 0.15) is 17.4 Å². The van der Waals surface area contributed by atoms with Gasteiger partial charge in [0.15, 0.2) is 6.61 Å². The molecule has 0 radical (unpaired) electrons. The van der Waals surface area contributed by atoms with Crippen LogP contribution in [0.15, 0.2) is 35.9 Å². The Bertz CT molecular complexity index is 1000. The minimum absolute atomic E-state index is 0.0157. The lowest BCUT2D eigenvalue weighted by atomic mass is 10.1. The monoisotopic (exact) mass is 616 g/mol. The maximum absolute atomic E-state index is 12.5. The third-order valence-corrected chi connectivity index (χ3v) is 5.63. The summed E-state index contributed by atoms with van der Waals surface area (Å²) in [5.74, 6) is -0.408. The van der Waals surface area contributed by atoms with E-state index >= 15 is 0 Å². The molecule has 0 aliphatic carbocycles. The summed E-state index contributed by atoms with van der Waals surface area (Å²) in [4.78, 5) is 23.8. The summed E-state index contributed by atoms with van der Waals surface area (Å²) < 4.78 is 11.6. The van der Waals surface area contributed by atoms with E-state index in [0.29, 0.717) is 17.0 Å². The fourth-order valence-corrected chi connectivity index (χ4v) is 4.45. The number of carbonyl (C=O) groups is 2. The zero-order valence-corrected chi connectivity index (χ0v) is 20.3. The van der Waals surface area contributed by atoms with Crippen molar-refractivity contribution in [1.82, 2.24) is 0 Å². The molecule has 29 heavy (non-hydrogen) atoms. The molecule has 0 saturated carbocycles. The number of nitrogens with zero attached hydrogens (tertiary/aromatic N) is 1. The molecule has 0 atom stereocenters. The second kappa shape index (κ2) is 10.6. The number of rotatable bonds is 6. The lowest BCUT2D eigenvalue weighted by Gasteiger charge is -2.11. The molecule has 0 aromatic heterocycles. The third-order valence-electron chi connectivity index (χ3n) is 4.02. The quantitative estimate of drug-likeness (QED) is 0.222. The first-order chi connectivity index (χ1) is 13.7. The van der Waals surface area contributed by atoms with E-state index < -0.39 is 11.9 Å². The van der Waals surface area contributed by atoms with E-state index in [2.05, 4.69) is 55.2 Å². The summed E-state index contributed by atoms with van der Waals surface area (Å²) in [6.07, 6.45) is 1.52. The number of hydrogen-bond donors (Lipinski definition) is 1. The number of hydrogen-bond acceptors (Lipinski definition) is 5. The zero-order chi connectivity index (χ0) is 21.6. The van der Waals surface area contributed by atoms with Crippen molar-refractivity contribution in [3.05, 3.63) is 59.7 Å². The molecule has 0 fully saturated rings. The van der Waals surface area contributed by atoms with Crippen LogP contribution in [0.5, 0.6) is 5.75 Å². The summed E-state index contributed by atoms with van der Waals surface area (Å²) in [5, 5.41) is 12.2. The summed E-state index contributed by atoms with van der Waals surface area (Å²) in [7, 11) is 1.29. The molecule has 8 heteroatoms. The highest BCUT2D eigenvalue weighted by Gasteiger charge is 2.14. The molecule has 0 unspecified atom stereocenters. The van der Waals surface area contributed by atoms with Crippen molar-refractivity contribution in [1.29, 1.82) is 5.26 Å². The van der Waals surface area contributed by atoms with Gasteiger partial charge in [-0.05, 0) is 106 Å². The number of halogens is 2. The average Bonchev–Trinajstić information content (AvgIpc) is 2.67. The number of benzene rings is 2. The molecule has 2 aromatic rings. The van der Waals surface area contributed by atoms with Gasteiger partial charge in [0.2, 0.25) is 0 Å². The first-order valence-corrected chi connectivity index (χ1v) is 10.6. The summed E-state index contributed by atoms with van der Waals surface area (Å²) in [5.41, 5.74) is 3.47. The topological polar surface area (TPSA) is 88.4 Å². The molecular weight excluding hydrogens is 598 g/mol. The molecule has 0 bridgehead atoms. The zero-order valence-electron chi connectivity index (χ0n) is 16.0. The number of carbonyl (C=O) groups excluding carboxylic acids is 2. The van der Waals surface area contributed by atoms with Gasteiger partial charge in [-0.25, -0.2) is 4.79 Å². The molecule has 1 amide bonds. The fraction of sp³-hybridized carbons (Fsp3) is 0.190. The Balaban J connectivity index is 2.23. The largest absolute Gasteiger partial charge is 0.480 e. The van der Waals surface area contributed by atoms with Crippen LogP contribution in [0.4, 0.5) is 5.69 Å². The summed E-state index contributed by atoms with van der Waals surface area (Å²) in [6, 6.07) is 11.1. The van der Waals surface area contributed by atoms with Crippen molar-refractivity contribution in [2.45, 2.75) is 13.8 Å². The van der Waals surface area contributed by atoms with Gasteiger partial charge >= 0.3 is 5.97 Å². The van der Waals surface area contributed by atoms with E-state index in [9.17, 15) is 14.9 Å². The number of aryl methyl sites for hydroxylation is 2. The van der Waals surface area contributed by atoms with Gasteiger partial charge in [0, 0.05) is 5.69 Å². The molecule has 2 rings (SSSR count). The second-order valence-electron chi connectivity index (χ2n) is 6.10. The standard InChI is InChI=1S/C21H18I2N2O4/c1-12-4-5-16(6-13(12)2)25-21(27)15(10-24)7-14-8-17(22)20(18(23)9-14)29-11-19(26)28-3/h4-9H,11H2,1-3H3,(H,25,27)/b15-7+. The van der Waals surface area contributed by atoms with E-state index in [4.69, 9.17) is 4.74 Å². The Hall–Kier alpha value is -2.13. The highest BCUT2D eigenvalue weighted by Crippen LogP contribution is 2.30. The van der Waals surface area contributed by atoms with Crippen molar-refractivity contribution in [2.24, 2.45) is 0 Å². The van der Waals surface area contributed by atoms with Gasteiger partial charge in [0.05, 0.1) is 14.3 Å². The maximum Gasteiger partial charge on any atom is 0.343 e. The highest BCUT2D eigenvalue weighted by molar-refractivity contribution is 14.1. The molecule has 2 aromatic carbocycles. The second-order valence-corrected chi connectivity index (χ2v) is 8.43. The minimum Gasteiger partial charge on any atom is -0.480 e. The molecule has 1 N–H and O–H groups in total. The molecule has 0 aliphatic heterocycles. The predicted octanol–water partition coefficient (Wildman–Crippen LogP) is 4.61. The van der Waals surface area contributed by atoms with Gasteiger partial charge in [-0.1, -0.05) is 6.07 Å². The Labute approximate surface area is 196 Å². The van der Waals surface area contributed by atoms with Gasteiger partial charge in [0.25, 0.3) is 5.91 Å². The van der Waals surface area contributed by atoms with Gasteiger partial charge in [-0.3, -0.25) is 4.79 Å². The maximum atomic E-state index is 12.5. The van der Waals surface area contributed by atoms with E-state index in [-0.39, 0.29) is 12.2 Å². The van der Waals surface area contributed by atoms with Crippen LogP contribution in [0.1, 0.15) is 16.7 Å². The van der Waals surface area contributed by atoms with Crippen molar-refractivity contribution in [2.75, 3.05) is 19.0 Å². The number of nitriles is 1. The number of esters is 1. The Morgan fingerprint density at radius 1 is 1.14 bits per heavy atom. The van der Waals surface area contributed by atoms with Crippen LogP contribution in [0.2, 0.25) is 0 Å². The molecule has 6 nitrogen and oxygen atoms in total. The Morgan fingerprint density at radius 2 is 1.79 bits per heavy atom. The number of ether oxygens (including phenoxy) is 2. The van der Waals surface area contributed by atoms with Crippen LogP contribution in [-0.4, -0.2) is 25.6 Å². The Morgan fingerprint density at radius 3 is 2.34 bits per heavy atom. The first kappa shape index (κ1) is 23.2. The number of amides is 1. The van der Waals surface area contributed by atoms with E-state index in [0.717, 1.165) is 18.3 Å². The van der Waals surface area contributed by atoms with Crippen LogP contribution in [0, 0.1) is 32.3 Å². The van der Waals surface area contributed by atoms with Gasteiger partial charge < -0.3 is 14.8 Å². The average molecular weight is 616 g/mol. The molecule has 0 heterocycles. The fourth-order valence-electron chi connectivity index (χ4n) is 2.32. The van der Waals surface area contributed by atoms with Crippen molar-refractivity contribution >= 4 is 68.8 Å². The predicted molar refractivity (Wildman–Crippen MR) is 128 cm³/mol. The minimum atomic E-state index is -0.480. The van der Waals surface area contributed by atoms with Crippen LogP contribution in [0.25, 0.3) is 6.08 Å². The van der Waals surface area contributed by atoms with Gasteiger partial charge in [-0.15, -0.1) is 0 Å². The van der Waals surface area contributed by atoms with Crippen molar-refractivity contribution in [3.8, 4) is 11.8 Å². The van der Waals surface area contributed by atoms with Crippen molar-refractivity contribution in [3.63, 3.8) is 0 Å². The number of nitrogens with one attached hydrogen (secondary N) is 1. The van der Waals surface area contributed by atoms with Crippen LogP contribution in [-0.2, 0) is 14.3 Å². The number of anilines is 1. The molecule has 0 saturated heterocycles. The smallest absolute Gasteiger partial charge is 0.343 e. The third kappa shape index (κ3) is 6.43. The molecule has 0 aliphatic rings. The molecular formula is C21H18I2N2O4. The van der Waals surface area contributed by atoms with Gasteiger partial charge in [-0.2, -0.15) is 5.26 Å². The summed E-state index contributed by atoms with van der Waals surface area (Å²) >= 11 is 4.15. The van der Waals surface area contributed by atoms with E-state index in [1.165, 1.54) is 13.2 Å². The van der Waals surface area contributed by atoms with Crippen molar-refractivity contribution < 1.29 is 19.1 Å². The number of methoxy groups -OCH3 is 1. The lowest BCUT2D eigenvalue weighted by molar-refractivity contribution is -0.142. The van der Waals surface area contributed by atoms with E-state index in [1.54, 1.807) is 18.2 Å². The van der Waals surface area contributed by atoms with Crippen LogP contribution < -0.4 is 10.1 Å². The summed E-state index contributed by atoms with van der Waals surface area (Å²) in [6.45, 7) is 3.75.